The van der Waals surface area contributed by atoms with Crippen molar-refractivity contribution in [3.8, 4) is 10.4 Å². The number of carboxylic acids is 1. The number of Topliss-reactive ketones (excluding diaryl/α,β-unsaturated/α-hetero) is 1. The number of carboxylic acid groups (broad SMARTS) is 1. The molecule has 1 aliphatic carbocycles. The lowest BCUT2D eigenvalue weighted by molar-refractivity contribution is -0.137. The first-order valence-electron chi connectivity index (χ1n) is 15.0. The number of benzene rings is 1. The number of nitrogens with one attached hydrogen (secondary N) is 2. The van der Waals surface area contributed by atoms with Gasteiger partial charge < -0.3 is 20.8 Å². The van der Waals surface area contributed by atoms with Gasteiger partial charge in [-0.1, -0.05) is 64.3 Å². The summed E-state index contributed by atoms with van der Waals surface area (Å²) < 4.78 is 0. The van der Waals surface area contributed by atoms with Gasteiger partial charge in [-0.05, 0) is 66.2 Å². The minimum Gasteiger partial charge on any atom is -0.481 e. The second-order valence-corrected chi connectivity index (χ2v) is 13.5. The van der Waals surface area contributed by atoms with E-state index < -0.39 is 35.4 Å². The first-order chi connectivity index (χ1) is 19.9. The zero-order chi connectivity index (χ0) is 30.9. The predicted octanol–water partition coefficient (Wildman–Crippen LogP) is 5.64. The number of aliphatic hydroxyl groups is 1. The lowest BCUT2D eigenvalue weighted by Crippen LogP contribution is -2.52. The van der Waals surface area contributed by atoms with E-state index in [4.69, 9.17) is 5.11 Å². The number of aryl methyl sites for hydroxylation is 1. The Labute approximate surface area is 253 Å². The Morgan fingerprint density at radius 2 is 1.55 bits per heavy atom. The highest BCUT2D eigenvalue weighted by molar-refractivity contribution is 7.13. The summed E-state index contributed by atoms with van der Waals surface area (Å²) in [6, 6.07) is 9.38. The predicted molar refractivity (Wildman–Crippen MR) is 165 cm³/mol. The van der Waals surface area contributed by atoms with Crippen LogP contribution in [0.2, 0.25) is 0 Å². The number of unbranched alkanes of at least 4 members (excludes halogenated alkanes) is 4. The summed E-state index contributed by atoms with van der Waals surface area (Å²) >= 11 is 1.69. The van der Waals surface area contributed by atoms with Gasteiger partial charge in [0.05, 0.1) is 18.1 Å². The molecule has 230 valence electrons. The zero-order valence-corrected chi connectivity index (χ0v) is 26.1. The first kappa shape index (κ1) is 33.5. The molecule has 2 aromatic rings. The second kappa shape index (κ2) is 15.4. The minimum atomic E-state index is -0.795. The Kier molecular flexibility index (Phi) is 12.3. The second-order valence-electron chi connectivity index (χ2n) is 12.6. The fraction of sp³-hybridized carbons (Fsp3) is 0.576. The van der Waals surface area contributed by atoms with Crippen molar-refractivity contribution in [2.24, 2.45) is 17.3 Å². The fourth-order valence-corrected chi connectivity index (χ4v) is 6.57. The van der Waals surface area contributed by atoms with Crippen molar-refractivity contribution in [3.63, 3.8) is 0 Å². The van der Waals surface area contributed by atoms with Gasteiger partial charge in [-0.15, -0.1) is 11.3 Å². The normalized spacial score (nSPS) is 19.3. The Hall–Kier alpha value is -3.04. The molecule has 1 aromatic carbocycles. The van der Waals surface area contributed by atoms with E-state index in [-0.39, 0.29) is 43.3 Å². The van der Waals surface area contributed by atoms with Crippen LogP contribution in [0.4, 0.5) is 0 Å². The number of hydrogen-bond acceptors (Lipinski definition) is 6. The molecular formula is C33H46N2O6S. The maximum absolute atomic E-state index is 13.8. The van der Waals surface area contributed by atoms with Crippen LogP contribution in [0.25, 0.3) is 10.4 Å². The van der Waals surface area contributed by atoms with Crippen LogP contribution >= 0.6 is 11.3 Å². The van der Waals surface area contributed by atoms with Crippen LogP contribution in [-0.4, -0.2) is 45.9 Å². The quantitative estimate of drug-likeness (QED) is 0.196. The summed E-state index contributed by atoms with van der Waals surface area (Å²) in [6.07, 6.45) is 3.87. The molecule has 0 radical (unpaired) electrons. The molecule has 9 heteroatoms. The molecule has 0 bridgehead atoms. The number of carbonyl (C=O) groups is 4. The molecule has 1 fully saturated rings. The summed E-state index contributed by atoms with van der Waals surface area (Å²) in [5, 5.41) is 27.1. The highest BCUT2D eigenvalue weighted by Gasteiger charge is 2.46. The van der Waals surface area contributed by atoms with Crippen molar-refractivity contribution in [2.45, 2.75) is 104 Å². The standard InChI is InChI=1S/C33H46N2O6S/c1-21-16-17-42-30(21)23-14-12-22(13-15-23)20-34-32(41)26-19-24(36)18-25(26)29(40)31(33(2,3)4)35-27(37)10-8-6-5-7-9-11-28(38)39/h12-17,24-26,31,36H,5-11,18-20H2,1-4H3,(H,34,41)(H,35,37)(H,38,39)/t24-,25?,26+,31+/m0/s1. The van der Waals surface area contributed by atoms with E-state index in [1.165, 1.54) is 10.4 Å². The lowest BCUT2D eigenvalue weighted by Gasteiger charge is -2.33. The van der Waals surface area contributed by atoms with E-state index in [1.807, 2.05) is 45.0 Å². The molecule has 1 heterocycles. The lowest BCUT2D eigenvalue weighted by atomic mass is 9.77. The van der Waals surface area contributed by atoms with Gasteiger partial charge >= 0.3 is 5.97 Å². The smallest absolute Gasteiger partial charge is 0.303 e. The topological polar surface area (TPSA) is 133 Å². The van der Waals surface area contributed by atoms with E-state index in [2.05, 4.69) is 29.0 Å². The van der Waals surface area contributed by atoms with Gasteiger partial charge in [0.25, 0.3) is 0 Å². The number of aliphatic hydroxyl groups excluding tert-OH is 1. The Bertz CT molecular complexity index is 1220. The summed E-state index contributed by atoms with van der Waals surface area (Å²) in [6.45, 7) is 8.07. The number of thiophene rings is 1. The van der Waals surface area contributed by atoms with E-state index >= 15 is 0 Å². The van der Waals surface area contributed by atoms with Gasteiger partial charge in [0.1, 0.15) is 0 Å². The number of ketones is 1. The number of hydrogen-bond donors (Lipinski definition) is 4. The Morgan fingerprint density at radius 3 is 2.14 bits per heavy atom. The third kappa shape index (κ3) is 9.76. The van der Waals surface area contributed by atoms with E-state index in [1.54, 1.807) is 11.3 Å². The Balaban J connectivity index is 1.55. The molecule has 1 aromatic heterocycles. The molecular weight excluding hydrogens is 552 g/mol. The van der Waals surface area contributed by atoms with Gasteiger partial charge in [-0.25, -0.2) is 0 Å². The van der Waals surface area contributed by atoms with Gasteiger partial charge in [0, 0.05) is 30.2 Å². The van der Waals surface area contributed by atoms with E-state index in [9.17, 15) is 24.3 Å². The molecule has 0 saturated heterocycles. The van der Waals surface area contributed by atoms with Crippen LogP contribution in [0, 0.1) is 24.2 Å². The number of rotatable bonds is 15. The largest absolute Gasteiger partial charge is 0.481 e. The molecule has 0 spiro atoms. The van der Waals surface area contributed by atoms with Crippen molar-refractivity contribution in [3.05, 3.63) is 46.8 Å². The van der Waals surface area contributed by atoms with Crippen molar-refractivity contribution >= 4 is 34.9 Å². The van der Waals surface area contributed by atoms with Crippen LogP contribution < -0.4 is 10.6 Å². The zero-order valence-electron chi connectivity index (χ0n) is 25.3. The summed E-state index contributed by atoms with van der Waals surface area (Å²) in [5.74, 6) is -2.82. The summed E-state index contributed by atoms with van der Waals surface area (Å²) in [7, 11) is 0. The SMILES string of the molecule is Cc1ccsc1-c1ccc(CNC(=O)[C@@H]2C[C@@H](O)CC2C(=O)[C@@H](NC(=O)CCCCCCCC(=O)O)C(C)(C)C)cc1. The monoisotopic (exact) mass is 598 g/mol. The molecule has 3 rings (SSSR count). The molecule has 1 unspecified atom stereocenters. The van der Waals surface area contributed by atoms with Crippen LogP contribution in [0.3, 0.4) is 0 Å². The fourth-order valence-electron chi connectivity index (χ4n) is 5.63. The molecule has 0 aliphatic heterocycles. The molecule has 4 atom stereocenters. The summed E-state index contributed by atoms with van der Waals surface area (Å²) in [5.41, 5.74) is 2.74. The molecule has 1 saturated carbocycles. The maximum atomic E-state index is 13.8. The highest BCUT2D eigenvalue weighted by Crippen LogP contribution is 2.36. The first-order valence-corrected chi connectivity index (χ1v) is 15.9. The number of carbonyl (C=O) groups excluding carboxylic acids is 3. The van der Waals surface area contributed by atoms with E-state index in [0.29, 0.717) is 19.4 Å². The van der Waals surface area contributed by atoms with Gasteiger partial charge in [-0.2, -0.15) is 0 Å². The van der Waals surface area contributed by atoms with Crippen LogP contribution in [0.15, 0.2) is 35.7 Å². The van der Waals surface area contributed by atoms with Crippen molar-refractivity contribution < 1.29 is 29.4 Å². The van der Waals surface area contributed by atoms with Crippen LogP contribution in [0.1, 0.15) is 89.7 Å². The molecule has 42 heavy (non-hydrogen) atoms. The average molecular weight is 599 g/mol. The van der Waals surface area contributed by atoms with Crippen LogP contribution in [0.5, 0.6) is 0 Å². The molecule has 2 amide bonds. The third-order valence-corrected chi connectivity index (χ3v) is 9.10. The number of aliphatic carboxylic acids is 1. The average Bonchev–Trinajstić information content (AvgIpc) is 3.54. The highest BCUT2D eigenvalue weighted by atomic mass is 32.1. The third-order valence-electron chi connectivity index (χ3n) is 8.04. The molecule has 8 nitrogen and oxygen atoms in total. The Morgan fingerprint density at radius 1 is 0.929 bits per heavy atom. The minimum absolute atomic E-state index is 0.160. The number of amides is 2. The van der Waals surface area contributed by atoms with Crippen molar-refractivity contribution in [1.29, 1.82) is 0 Å². The molecule has 1 aliphatic rings. The van der Waals surface area contributed by atoms with E-state index in [0.717, 1.165) is 30.4 Å². The van der Waals surface area contributed by atoms with Crippen LogP contribution in [-0.2, 0) is 25.7 Å². The molecule has 4 N–H and O–H groups in total. The maximum Gasteiger partial charge on any atom is 0.303 e. The summed E-state index contributed by atoms with van der Waals surface area (Å²) in [4.78, 5) is 51.7. The van der Waals surface area contributed by atoms with Gasteiger partial charge in [-0.3, -0.25) is 19.2 Å². The van der Waals surface area contributed by atoms with Gasteiger partial charge in [0.2, 0.25) is 11.8 Å². The van der Waals surface area contributed by atoms with Crippen molar-refractivity contribution in [1.82, 2.24) is 10.6 Å². The van der Waals surface area contributed by atoms with Crippen molar-refractivity contribution in [2.75, 3.05) is 0 Å². The van der Waals surface area contributed by atoms with Gasteiger partial charge in [0.15, 0.2) is 5.78 Å².